The molecule has 1 unspecified atom stereocenters. The van der Waals surface area contributed by atoms with Crippen molar-refractivity contribution < 1.29 is 4.42 Å². The Bertz CT molecular complexity index is 690. The van der Waals surface area contributed by atoms with Gasteiger partial charge in [0.15, 0.2) is 5.58 Å². The summed E-state index contributed by atoms with van der Waals surface area (Å²) in [5, 5.41) is 2.07. The predicted octanol–water partition coefficient (Wildman–Crippen LogP) is 3.67. The third kappa shape index (κ3) is 2.06. The van der Waals surface area contributed by atoms with Crippen LogP contribution < -0.4 is 10.6 Å². The van der Waals surface area contributed by atoms with Gasteiger partial charge in [0.2, 0.25) is 0 Å². The minimum Gasteiger partial charge on any atom is -0.423 e. The quantitative estimate of drug-likeness (QED) is 0.740. The van der Waals surface area contributed by atoms with Crippen LogP contribution in [0.25, 0.3) is 11.1 Å². The fourth-order valence-electron chi connectivity index (χ4n) is 1.99. The van der Waals surface area contributed by atoms with Gasteiger partial charge >= 0.3 is 0 Å². The molecule has 0 bridgehead atoms. The highest BCUT2D eigenvalue weighted by atomic mass is 32.1. The molecule has 2 N–H and O–H groups in total. The van der Waals surface area contributed by atoms with Gasteiger partial charge in [-0.2, -0.15) is 4.98 Å². The summed E-state index contributed by atoms with van der Waals surface area (Å²) in [5.74, 6) is 0. The normalized spacial score (nSPS) is 12.7. The minimum atomic E-state index is 0.217. The Morgan fingerprint density at radius 2 is 2.16 bits per heavy atom. The SMILES string of the molecule is CC(c1cccs1)N(C)c1nc2c(N)cccc2o1. The second-order valence-corrected chi connectivity index (χ2v) is 5.47. The zero-order valence-electron chi connectivity index (χ0n) is 10.8. The molecule has 4 nitrogen and oxygen atoms in total. The standard InChI is InChI=1S/C14H15N3OS/c1-9(12-7-4-8-19-12)17(2)14-16-13-10(15)5-3-6-11(13)18-14/h3-9H,15H2,1-2H3. The molecule has 0 amide bonds. The number of thiophene rings is 1. The number of fused-ring (bicyclic) bond motifs is 1. The van der Waals surface area contributed by atoms with E-state index < -0.39 is 0 Å². The first kappa shape index (κ1) is 12.0. The number of nitrogens with two attached hydrogens (primary N) is 1. The molecule has 1 atom stereocenters. The van der Waals surface area contributed by atoms with E-state index in [-0.39, 0.29) is 6.04 Å². The van der Waals surface area contributed by atoms with E-state index in [2.05, 4.69) is 23.4 Å². The largest absolute Gasteiger partial charge is 0.423 e. The van der Waals surface area contributed by atoms with E-state index in [4.69, 9.17) is 10.2 Å². The Morgan fingerprint density at radius 1 is 1.32 bits per heavy atom. The summed E-state index contributed by atoms with van der Waals surface area (Å²) in [7, 11) is 1.98. The number of hydrogen-bond acceptors (Lipinski definition) is 5. The summed E-state index contributed by atoms with van der Waals surface area (Å²) in [4.78, 5) is 7.78. The summed E-state index contributed by atoms with van der Waals surface area (Å²) < 4.78 is 5.77. The second-order valence-electron chi connectivity index (χ2n) is 4.49. The lowest BCUT2D eigenvalue weighted by atomic mass is 10.2. The topological polar surface area (TPSA) is 55.3 Å². The van der Waals surface area contributed by atoms with Crippen LogP contribution in [0.1, 0.15) is 17.8 Å². The van der Waals surface area contributed by atoms with Gasteiger partial charge in [-0.1, -0.05) is 12.1 Å². The molecule has 2 aromatic heterocycles. The molecule has 0 spiro atoms. The zero-order chi connectivity index (χ0) is 13.4. The monoisotopic (exact) mass is 273 g/mol. The number of oxazole rings is 1. The molecule has 0 radical (unpaired) electrons. The van der Waals surface area contributed by atoms with Crippen molar-refractivity contribution in [3.63, 3.8) is 0 Å². The van der Waals surface area contributed by atoms with Crippen molar-refractivity contribution in [3.05, 3.63) is 40.6 Å². The highest BCUT2D eigenvalue weighted by molar-refractivity contribution is 7.10. The Balaban J connectivity index is 1.98. The molecule has 98 valence electrons. The highest BCUT2D eigenvalue weighted by Gasteiger charge is 2.18. The summed E-state index contributed by atoms with van der Waals surface area (Å²) in [6.45, 7) is 2.13. The molecule has 3 rings (SSSR count). The van der Waals surface area contributed by atoms with Crippen LogP contribution in [0, 0.1) is 0 Å². The number of anilines is 2. The van der Waals surface area contributed by atoms with E-state index in [1.807, 2.05) is 36.2 Å². The lowest BCUT2D eigenvalue weighted by molar-refractivity contribution is 0.559. The molecule has 0 aliphatic rings. The van der Waals surface area contributed by atoms with Crippen LogP contribution in [0.3, 0.4) is 0 Å². The van der Waals surface area contributed by atoms with Crippen LogP contribution in [0.4, 0.5) is 11.7 Å². The number of para-hydroxylation sites is 1. The first-order valence-corrected chi connectivity index (χ1v) is 6.96. The molecule has 0 aliphatic carbocycles. The second kappa shape index (κ2) is 4.59. The van der Waals surface area contributed by atoms with Crippen molar-refractivity contribution in [2.45, 2.75) is 13.0 Å². The van der Waals surface area contributed by atoms with E-state index in [0.717, 1.165) is 11.1 Å². The fraction of sp³-hybridized carbons (Fsp3) is 0.214. The first-order valence-electron chi connectivity index (χ1n) is 6.08. The Labute approximate surface area is 115 Å². The Hall–Kier alpha value is -2.01. The number of aromatic nitrogens is 1. The highest BCUT2D eigenvalue weighted by Crippen LogP contribution is 2.31. The lowest BCUT2D eigenvalue weighted by Gasteiger charge is -2.21. The van der Waals surface area contributed by atoms with Crippen molar-refractivity contribution in [2.24, 2.45) is 0 Å². The molecule has 0 aliphatic heterocycles. The maximum Gasteiger partial charge on any atom is 0.298 e. The molecule has 0 saturated carbocycles. The van der Waals surface area contributed by atoms with Crippen LogP contribution in [0.15, 0.2) is 40.1 Å². The molecular weight excluding hydrogens is 258 g/mol. The van der Waals surface area contributed by atoms with E-state index in [9.17, 15) is 0 Å². The van der Waals surface area contributed by atoms with E-state index >= 15 is 0 Å². The average Bonchev–Trinajstić information content (AvgIpc) is 3.06. The molecular formula is C14H15N3OS. The van der Waals surface area contributed by atoms with Crippen LogP contribution in [-0.4, -0.2) is 12.0 Å². The number of rotatable bonds is 3. The molecule has 0 saturated heterocycles. The number of hydrogen-bond donors (Lipinski definition) is 1. The number of nitrogens with zero attached hydrogens (tertiary/aromatic N) is 2. The van der Waals surface area contributed by atoms with Crippen LogP contribution in [0.5, 0.6) is 0 Å². The van der Waals surface area contributed by atoms with E-state index in [0.29, 0.717) is 11.7 Å². The van der Waals surface area contributed by atoms with Crippen LogP contribution in [0.2, 0.25) is 0 Å². The lowest BCUT2D eigenvalue weighted by Crippen LogP contribution is -2.20. The van der Waals surface area contributed by atoms with E-state index in [1.165, 1.54) is 4.88 Å². The predicted molar refractivity (Wildman–Crippen MR) is 79.6 cm³/mol. The van der Waals surface area contributed by atoms with Gasteiger partial charge in [-0.3, -0.25) is 0 Å². The van der Waals surface area contributed by atoms with Crippen molar-refractivity contribution in [3.8, 4) is 0 Å². The average molecular weight is 273 g/mol. The summed E-state index contributed by atoms with van der Waals surface area (Å²) in [6.07, 6.45) is 0. The van der Waals surface area contributed by atoms with Crippen LogP contribution >= 0.6 is 11.3 Å². The third-order valence-corrected chi connectivity index (χ3v) is 4.32. The van der Waals surface area contributed by atoms with Crippen molar-refractivity contribution in [1.29, 1.82) is 0 Å². The first-order chi connectivity index (χ1) is 9.16. The fourth-order valence-corrected chi connectivity index (χ4v) is 2.82. The van der Waals surface area contributed by atoms with Gasteiger partial charge in [0.05, 0.1) is 11.7 Å². The molecule has 0 fully saturated rings. The van der Waals surface area contributed by atoms with Gasteiger partial charge in [-0.05, 0) is 30.5 Å². The van der Waals surface area contributed by atoms with Gasteiger partial charge in [0.1, 0.15) is 5.52 Å². The Kier molecular flexibility index (Phi) is 2.91. The van der Waals surface area contributed by atoms with Gasteiger partial charge in [0, 0.05) is 11.9 Å². The molecule has 1 aromatic carbocycles. The molecule has 2 heterocycles. The van der Waals surface area contributed by atoms with Gasteiger partial charge < -0.3 is 15.1 Å². The summed E-state index contributed by atoms with van der Waals surface area (Å²) in [6, 6.07) is 10.6. The molecule has 19 heavy (non-hydrogen) atoms. The smallest absolute Gasteiger partial charge is 0.298 e. The minimum absolute atomic E-state index is 0.217. The number of nitrogen functional groups attached to an aromatic ring is 1. The maximum absolute atomic E-state index is 5.90. The van der Waals surface area contributed by atoms with Gasteiger partial charge in [-0.15, -0.1) is 11.3 Å². The Morgan fingerprint density at radius 3 is 2.84 bits per heavy atom. The van der Waals surface area contributed by atoms with Gasteiger partial charge in [-0.25, -0.2) is 0 Å². The van der Waals surface area contributed by atoms with E-state index in [1.54, 1.807) is 11.3 Å². The summed E-state index contributed by atoms with van der Waals surface area (Å²) >= 11 is 1.73. The number of benzene rings is 1. The molecule has 5 heteroatoms. The third-order valence-electron chi connectivity index (χ3n) is 3.28. The van der Waals surface area contributed by atoms with Crippen LogP contribution in [-0.2, 0) is 0 Å². The molecule has 3 aromatic rings. The van der Waals surface area contributed by atoms with Crippen molar-refractivity contribution in [2.75, 3.05) is 17.7 Å². The van der Waals surface area contributed by atoms with Gasteiger partial charge in [0.25, 0.3) is 6.01 Å². The maximum atomic E-state index is 5.90. The summed E-state index contributed by atoms with van der Waals surface area (Å²) in [5.41, 5.74) is 7.99. The van der Waals surface area contributed by atoms with Crippen molar-refractivity contribution >= 4 is 34.1 Å². The van der Waals surface area contributed by atoms with Crippen molar-refractivity contribution in [1.82, 2.24) is 4.98 Å². The zero-order valence-corrected chi connectivity index (χ0v) is 11.6.